The van der Waals surface area contributed by atoms with Crippen molar-refractivity contribution in [1.82, 2.24) is 49.9 Å². The summed E-state index contributed by atoms with van der Waals surface area (Å²) in [6.45, 7) is 5.81. The molecule has 0 spiro atoms. The number of hydrogen-bond acceptors (Lipinski definition) is 21. The number of hydroxylamine groups is 1. The second-order valence-corrected chi connectivity index (χ2v) is 25.8. The lowest BCUT2D eigenvalue weighted by Crippen LogP contribution is -2.59. The van der Waals surface area contributed by atoms with Crippen LogP contribution in [0.3, 0.4) is 0 Å². The zero-order chi connectivity index (χ0) is 66.3. The Hall–Kier alpha value is -7.77. The lowest BCUT2D eigenvalue weighted by molar-refractivity contribution is -0.140. The van der Waals surface area contributed by atoms with Crippen LogP contribution in [0.1, 0.15) is 72.1 Å². The first-order chi connectivity index (χ1) is 41.2. The lowest BCUT2D eigenvalue weighted by atomic mass is 10.1. The molecule has 3 saturated heterocycles. The molecule has 3 heterocycles. The van der Waals surface area contributed by atoms with Crippen LogP contribution in [-0.2, 0) is 58.8 Å². The first kappa shape index (κ1) is 74.5. The topological polar surface area (TPSA) is 454 Å². The molecule has 490 valence electrons. The van der Waals surface area contributed by atoms with Gasteiger partial charge in [0, 0.05) is 40.8 Å². The first-order valence-electron chi connectivity index (χ1n) is 27.2. The number of fused-ring (bicyclic) bond motifs is 1. The summed E-state index contributed by atoms with van der Waals surface area (Å²) >= 11 is 0. The first-order valence-corrected chi connectivity index (χ1v) is 31.6. The molecular weight excluding hydrogens is 1220 g/mol. The normalized spacial score (nSPS) is 17.6. The van der Waals surface area contributed by atoms with Gasteiger partial charge in [-0.3, -0.25) is 39.1 Å². The average molecular weight is 1300 g/mol. The Morgan fingerprint density at radius 2 is 1.22 bits per heavy atom. The Balaban J connectivity index is 0.000000313. The molecule has 0 aliphatic carbocycles. The van der Waals surface area contributed by atoms with Gasteiger partial charge >= 0.3 is 24.1 Å². The van der Waals surface area contributed by atoms with Crippen molar-refractivity contribution in [1.29, 1.82) is 0 Å². The molecular formula is C53H80N12O20S3. The van der Waals surface area contributed by atoms with Crippen LogP contribution in [-0.4, -0.2) is 207 Å². The number of rotatable bonds is 24. The summed E-state index contributed by atoms with van der Waals surface area (Å²) in [6, 6.07) is 13.3. The molecule has 3 aromatic carbocycles. The number of alkyl carbamates (subject to hydrolysis) is 1. The molecule has 3 aromatic rings. The second kappa shape index (κ2) is 34.1. The number of likely N-dealkylation sites (N-methyl/N-ethyl adjacent to an activating group) is 3. The van der Waals surface area contributed by atoms with E-state index in [1.807, 2.05) is 0 Å². The highest BCUT2D eigenvalue weighted by Gasteiger charge is 2.54. The fraction of sp³-hybridized carbons (Fsp3) is 0.509. The molecule has 9 amide bonds. The van der Waals surface area contributed by atoms with Gasteiger partial charge in [0.05, 0.1) is 42.1 Å². The van der Waals surface area contributed by atoms with Crippen molar-refractivity contribution in [3.8, 4) is 17.2 Å². The van der Waals surface area contributed by atoms with Crippen molar-refractivity contribution in [3.05, 3.63) is 72.8 Å². The molecule has 1 unspecified atom stereocenters. The maximum atomic E-state index is 13.2. The Bertz CT molecular complexity index is 3210. The average Bonchev–Trinajstić information content (AvgIpc) is 1.93. The van der Waals surface area contributed by atoms with E-state index >= 15 is 0 Å². The van der Waals surface area contributed by atoms with E-state index in [1.54, 1.807) is 45.0 Å². The summed E-state index contributed by atoms with van der Waals surface area (Å²) in [5, 5.41) is 25.3. The highest BCUT2D eigenvalue weighted by Crippen LogP contribution is 2.32. The van der Waals surface area contributed by atoms with Crippen LogP contribution < -0.4 is 56.6 Å². The number of nitrogens with zero attached hydrogens (tertiary/aromatic N) is 4. The number of carboxylic acids is 1. The minimum absolute atomic E-state index is 0.107. The quantitative estimate of drug-likeness (QED) is 0.0251. The van der Waals surface area contributed by atoms with Crippen molar-refractivity contribution in [2.45, 2.75) is 123 Å². The summed E-state index contributed by atoms with van der Waals surface area (Å²) in [5.74, 6) is -1.68. The van der Waals surface area contributed by atoms with Crippen LogP contribution in [0.15, 0.2) is 87.5 Å². The maximum absolute atomic E-state index is 13.2. The molecule has 32 nitrogen and oxygen atoms in total. The van der Waals surface area contributed by atoms with Crippen LogP contribution >= 0.6 is 0 Å². The van der Waals surface area contributed by atoms with Crippen molar-refractivity contribution in [3.63, 3.8) is 0 Å². The van der Waals surface area contributed by atoms with E-state index in [4.69, 9.17) is 40.7 Å². The van der Waals surface area contributed by atoms with Gasteiger partial charge in [0.1, 0.15) is 41.0 Å². The third-order valence-electron chi connectivity index (χ3n) is 13.0. The highest BCUT2D eigenvalue weighted by molar-refractivity contribution is 7.90. The maximum Gasteiger partial charge on any atom is 0.408 e. The molecule has 35 heteroatoms. The molecule has 88 heavy (non-hydrogen) atoms. The van der Waals surface area contributed by atoms with Crippen molar-refractivity contribution < 1.29 is 92.9 Å². The van der Waals surface area contributed by atoms with Gasteiger partial charge in [-0.1, -0.05) is 0 Å². The van der Waals surface area contributed by atoms with Gasteiger partial charge < -0.3 is 51.5 Å². The van der Waals surface area contributed by atoms with Crippen LogP contribution in [0.2, 0.25) is 0 Å². The number of benzene rings is 3. The van der Waals surface area contributed by atoms with Crippen molar-refractivity contribution in [2.75, 3.05) is 68.7 Å². The summed E-state index contributed by atoms with van der Waals surface area (Å²) in [5.41, 5.74) is 11.7. The highest BCUT2D eigenvalue weighted by atomic mass is 32.2. The fourth-order valence-electron chi connectivity index (χ4n) is 8.33. The van der Waals surface area contributed by atoms with Gasteiger partial charge in [0.25, 0.3) is 17.7 Å². The number of sulfonamides is 3. The number of carbonyl (C=O) groups is 8. The smallest absolute Gasteiger partial charge is 0.408 e. The van der Waals surface area contributed by atoms with E-state index in [0.29, 0.717) is 62.3 Å². The lowest BCUT2D eigenvalue weighted by Gasteiger charge is -2.34. The van der Waals surface area contributed by atoms with E-state index < -0.39 is 102 Å². The Morgan fingerprint density at radius 1 is 0.727 bits per heavy atom. The van der Waals surface area contributed by atoms with Gasteiger partial charge in [0.2, 0.25) is 36.0 Å². The zero-order valence-corrected chi connectivity index (χ0v) is 52.7. The third kappa shape index (κ3) is 21.5. The third-order valence-corrected chi connectivity index (χ3v) is 17.9. The predicted molar refractivity (Wildman–Crippen MR) is 315 cm³/mol. The monoisotopic (exact) mass is 1300 g/mol. The Labute approximate surface area is 511 Å². The Morgan fingerprint density at radius 3 is 1.64 bits per heavy atom. The molecule has 0 aromatic heterocycles. The molecule has 6 rings (SSSR count). The number of aliphatic carboxylic acids is 1. The van der Waals surface area contributed by atoms with Gasteiger partial charge in [-0.05, 0) is 151 Å². The van der Waals surface area contributed by atoms with E-state index in [1.165, 1.54) is 96.5 Å². The van der Waals surface area contributed by atoms with Gasteiger partial charge in [-0.2, -0.15) is 4.31 Å². The molecule has 0 saturated carbocycles. The van der Waals surface area contributed by atoms with Crippen LogP contribution in [0.4, 0.5) is 14.4 Å². The summed E-state index contributed by atoms with van der Waals surface area (Å²) in [4.78, 5) is 96.5. The van der Waals surface area contributed by atoms with Crippen LogP contribution in [0, 0.1) is 0 Å². The molecule has 0 radical (unpaired) electrons. The number of urea groups is 2. The SMILES string of the molecule is CC(C)(C)OC(=O)N[C@@H](CCCN)C(=O)O.CNC(=O)[C@@H](N)CCCNS(=O)(=O)c1ccc(OC)cc1.COc1ccc(S(=O)(=O)N2CCC[C@H]3C(=O)N(C)C(=O)N3C2C(=O)NO)cc1.COc1ccc(S(=O)(=O)NCCC[C@@H]2NC(=O)N(C)C2=O)cc1. The molecule has 3 aliphatic heterocycles. The molecule has 12 N–H and O–H groups in total. The van der Waals surface area contributed by atoms with E-state index in [2.05, 4.69) is 25.4 Å². The summed E-state index contributed by atoms with van der Waals surface area (Å²) in [6.07, 6.45) is 0.534. The number of nitrogens with one attached hydrogen (secondary N) is 6. The van der Waals surface area contributed by atoms with Crippen molar-refractivity contribution >= 4 is 77.8 Å². The summed E-state index contributed by atoms with van der Waals surface area (Å²) < 4.78 is 100. The Kier molecular flexibility index (Phi) is 28.9. The number of carboxylic acid groups (broad SMARTS) is 1. The zero-order valence-electron chi connectivity index (χ0n) is 50.2. The van der Waals surface area contributed by atoms with Crippen LogP contribution in [0.25, 0.3) is 0 Å². The van der Waals surface area contributed by atoms with Crippen molar-refractivity contribution in [2.24, 2.45) is 11.5 Å². The van der Waals surface area contributed by atoms with Gasteiger partial charge in [0.15, 0.2) is 6.17 Å². The van der Waals surface area contributed by atoms with Gasteiger partial charge in [-0.15, -0.1) is 0 Å². The van der Waals surface area contributed by atoms with Gasteiger partial charge in [-0.25, -0.2) is 59.4 Å². The standard InChI is InChI=1S/C16H20N4O7S.C14H19N3O5S.C13H21N3O4S.C10H20N2O4/c1-18-15(22)12-4-3-9-19(14(13(21)17-24)20(12)16(18)23)28(25,26)11-7-5-10(27-2)6-8-11;1-17-13(18)12(16-14(17)19)4-3-9-15-23(20,21)11-7-5-10(22-2)6-8-11;1-15-13(17)12(14)4-3-9-16-21(18,19)11-7-5-10(20-2)6-8-11;1-10(2,3)16-9(15)12-7(8(13)14)5-4-6-11/h5-8,12,14,24H,3-4,9H2,1-2H3,(H,17,21);5-8,12,15H,3-4,9H2,1-2H3,(H,16,19);5-8,12,16H,3-4,9,14H2,1-2H3,(H,15,17);7H,4-6,11H2,1-3H3,(H,12,15)(H,13,14)/t12-,14?;2*12-;7-/m0000/s1. The fourth-order valence-corrected chi connectivity index (χ4v) is 12.1. The van der Waals surface area contributed by atoms with E-state index in [0.717, 1.165) is 19.0 Å². The van der Waals surface area contributed by atoms with E-state index in [-0.39, 0.29) is 59.0 Å². The largest absolute Gasteiger partial charge is 0.497 e. The molecule has 3 aliphatic rings. The number of ether oxygens (including phenoxy) is 4. The second-order valence-electron chi connectivity index (χ2n) is 20.4. The summed E-state index contributed by atoms with van der Waals surface area (Å²) in [7, 11) is -2.76. The predicted octanol–water partition coefficient (Wildman–Crippen LogP) is 0.408. The van der Waals surface area contributed by atoms with E-state index in [9.17, 15) is 63.6 Å². The number of carbonyl (C=O) groups excluding carboxylic acids is 7. The van der Waals surface area contributed by atoms with Crippen LogP contribution in [0.5, 0.6) is 17.2 Å². The number of imide groups is 2. The number of methoxy groups -OCH3 is 3. The minimum atomic E-state index is -4.23. The molecule has 5 atom stereocenters. The number of nitrogens with two attached hydrogens (primary N) is 2. The molecule has 0 bridgehead atoms. The minimum Gasteiger partial charge on any atom is -0.497 e. The molecule has 3 fully saturated rings. The number of amides is 9. The number of hydrogen-bond donors (Lipinski definition) is 10.